The minimum absolute atomic E-state index is 0.208. The summed E-state index contributed by atoms with van der Waals surface area (Å²) in [7, 11) is 1.42. The highest BCUT2D eigenvalue weighted by molar-refractivity contribution is 5.72. The summed E-state index contributed by atoms with van der Waals surface area (Å²) in [6, 6.07) is 0. The molecule has 0 radical (unpaired) electrons. The summed E-state index contributed by atoms with van der Waals surface area (Å²) >= 11 is 0. The zero-order chi connectivity index (χ0) is 15.8. The second-order valence-corrected chi connectivity index (χ2v) is 5.96. The molecule has 1 heterocycles. The smallest absolute Gasteiger partial charge is 0.309 e. The third-order valence-corrected chi connectivity index (χ3v) is 3.91. The van der Waals surface area contributed by atoms with Crippen molar-refractivity contribution in [3.63, 3.8) is 0 Å². The molecular weight excluding hydrogens is 264 g/mol. The second-order valence-electron chi connectivity index (χ2n) is 5.96. The number of nitrogens with zero attached hydrogens (tertiary/aromatic N) is 2. The van der Waals surface area contributed by atoms with E-state index in [-0.39, 0.29) is 5.97 Å². The minimum atomic E-state index is -0.208. The maximum atomic E-state index is 11.3. The Kier molecular flexibility index (Phi) is 7.51. The van der Waals surface area contributed by atoms with Gasteiger partial charge < -0.3 is 9.64 Å². The average molecular weight is 294 g/mol. The maximum absolute atomic E-state index is 11.3. The number of methoxy groups -OCH3 is 1. The Hall–Kier alpha value is -1.29. The van der Waals surface area contributed by atoms with E-state index in [9.17, 15) is 4.79 Å². The van der Waals surface area contributed by atoms with Crippen LogP contribution in [-0.2, 0) is 9.53 Å². The van der Waals surface area contributed by atoms with Gasteiger partial charge in [-0.1, -0.05) is 24.6 Å². The predicted octanol–water partition coefficient (Wildman–Crippen LogP) is 2.82. The van der Waals surface area contributed by atoms with E-state index in [0.29, 0.717) is 6.42 Å². The van der Waals surface area contributed by atoms with E-state index in [1.807, 2.05) is 0 Å². The van der Waals surface area contributed by atoms with Gasteiger partial charge in [0, 0.05) is 38.3 Å². The molecular formula is C17H30N2O2. The fraction of sp³-hybridized carbons (Fsp3) is 0.706. The molecule has 1 aliphatic heterocycles. The first kappa shape index (κ1) is 17.8. The highest BCUT2D eigenvalue weighted by atomic mass is 16.5. The molecule has 0 aromatic rings. The standard InChI is InChI=1S/C17H30N2O2/c1-6-7-18-8-10-19(11-9-18)16(14(2)3)12-15(4)13-17(20)21-5/h4,6-13H2,1-3,5H3. The van der Waals surface area contributed by atoms with Crippen molar-refractivity contribution in [3.8, 4) is 0 Å². The van der Waals surface area contributed by atoms with Gasteiger partial charge in [0.25, 0.3) is 0 Å². The van der Waals surface area contributed by atoms with Crippen molar-refractivity contribution in [2.24, 2.45) is 0 Å². The fourth-order valence-electron chi connectivity index (χ4n) is 2.74. The SMILES string of the molecule is C=C(CC(=O)OC)CC(=C(C)C)N1CCN(CCC)CC1. The molecule has 0 amide bonds. The number of piperazine rings is 1. The normalized spacial score (nSPS) is 15.7. The molecule has 4 nitrogen and oxygen atoms in total. The largest absolute Gasteiger partial charge is 0.469 e. The van der Waals surface area contributed by atoms with Crippen LogP contribution in [0.15, 0.2) is 23.4 Å². The van der Waals surface area contributed by atoms with Gasteiger partial charge in [-0.3, -0.25) is 9.69 Å². The first-order valence-electron chi connectivity index (χ1n) is 7.85. The molecule has 0 aliphatic carbocycles. The molecule has 120 valence electrons. The van der Waals surface area contributed by atoms with Crippen LogP contribution in [0.1, 0.15) is 40.0 Å². The third kappa shape index (κ3) is 5.92. The van der Waals surface area contributed by atoms with Crippen molar-refractivity contribution < 1.29 is 9.53 Å². The van der Waals surface area contributed by atoms with Gasteiger partial charge in [0.1, 0.15) is 0 Å². The van der Waals surface area contributed by atoms with Crippen LogP contribution in [0.2, 0.25) is 0 Å². The third-order valence-electron chi connectivity index (χ3n) is 3.91. The number of ether oxygens (including phenoxy) is 1. The van der Waals surface area contributed by atoms with Gasteiger partial charge in [0.15, 0.2) is 0 Å². The number of hydrogen-bond donors (Lipinski definition) is 0. The Balaban J connectivity index is 2.58. The summed E-state index contributed by atoms with van der Waals surface area (Å²) in [6.45, 7) is 16.1. The Morgan fingerprint density at radius 3 is 2.24 bits per heavy atom. The van der Waals surface area contributed by atoms with Gasteiger partial charge in [-0.2, -0.15) is 0 Å². The first-order valence-corrected chi connectivity index (χ1v) is 7.85. The highest BCUT2D eigenvalue weighted by Gasteiger charge is 2.19. The second kappa shape index (κ2) is 8.88. The van der Waals surface area contributed by atoms with Gasteiger partial charge in [-0.25, -0.2) is 0 Å². The molecule has 21 heavy (non-hydrogen) atoms. The Labute approximate surface area is 129 Å². The number of hydrogen-bond acceptors (Lipinski definition) is 4. The molecule has 0 aromatic carbocycles. The predicted molar refractivity (Wildman–Crippen MR) is 87.1 cm³/mol. The minimum Gasteiger partial charge on any atom is -0.469 e. The monoisotopic (exact) mass is 294 g/mol. The lowest BCUT2D eigenvalue weighted by Gasteiger charge is -2.38. The molecule has 1 rings (SSSR count). The molecule has 0 aromatic heterocycles. The van der Waals surface area contributed by atoms with Gasteiger partial charge in [0.05, 0.1) is 13.5 Å². The number of rotatable bonds is 7. The van der Waals surface area contributed by atoms with Gasteiger partial charge in [-0.15, -0.1) is 0 Å². The van der Waals surface area contributed by atoms with Gasteiger partial charge in [0.2, 0.25) is 0 Å². The van der Waals surface area contributed by atoms with Crippen LogP contribution in [0.5, 0.6) is 0 Å². The number of allylic oxidation sites excluding steroid dienone is 2. The van der Waals surface area contributed by atoms with Crippen molar-refractivity contribution in [2.75, 3.05) is 39.8 Å². The summed E-state index contributed by atoms with van der Waals surface area (Å²) in [5.74, 6) is -0.208. The lowest BCUT2D eigenvalue weighted by molar-refractivity contribution is -0.139. The lowest BCUT2D eigenvalue weighted by atomic mass is 10.0. The molecule has 1 saturated heterocycles. The summed E-state index contributed by atoms with van der Waals surface area (Å²) < 4.78 is 4.71. The molecule has 0 bridgehead atoms. The van der Waals surface area contributed by atoms with E-state index in [1.54, 1.807) is 0 Å². The lowest BCUT2D eigenvalue weighted by Crippen LogP contribution is -2.46. The molecule has 4 heteroatoms. The van der Waals surface area contributed by atoms with E-state index >= 15 is 0 Å². The zero-order valence-electron chi connectivity index (χ0n) is 14.1. The Morgan fingerprint density at radius 1 is 1.14 bits per heavy atom. The molecule has 0 unspecified atom stereocenters. The van der Waals surface area contributed by atoms with Crippen molar-refractivity contribution in [2.45, 2.75) is 40.0 Å². The van der Waals surface area contributed by atoms with Crippen LogP contribution in [0.3, 0.4) is 0 Å². The zero-order valence-corrected chi connectivity index (χ0v) is 14.1. The number of carbonyl (C=O) groups excluding carboxylic acids is 1. The van der Waals surface area contributed by atoms with Gasteiger partial charge in [-0.05, 0) is 26.8 Å². The van der Waals surface area contributed by atoms with E-state index < -0.39 is 0 Å². The topological polar surface area (TPSA) is 32.8 Å². The van der Waals surface area contributed by atoms with Crippen LogP contribution >= 0.6 is 0 Å². The summed E-state index contributed by atoms with van der Waals surface area (Å²) in [5, 5.41) is 0. The first-order chi connectivity index (χ1) is 9.97. The summed E-state index contributed by atoms with van der Waals surface area (Å²) in [5.41, 5.74) is 3.55. The van der Waals surface area contributed by atoms with Crippen molar-refractivity contribution in [3.05, 3.63) is 23.4 Å². The molecule has 1 aliphatic rings. The molecule has 0 spiro atoms. The fourth-order valence-corrected chi connectivity index (χ4v) is 2.74. The van der Waals surface area contributed by atoms with Crippen LogP contribution in [0.25, 0.3) is 0 Å². The van der Waals surface area contributed by atoms with Crippen molar-refractivity contribution in [1.29, 1.82) is 0 Å². The van der Waals surface area contributed by atoms with Crippen LogP contribution in [0, 0.1) is 0 Å². The molecule has 0 atom stereocenters. The number of carbonyl (C=O) groups is 1. The van der Waals surface area contributed by atoms with Crippen molar-refractivity contribution >= 4 is 5.97 Å². The van der Waals surface area contributed by atoms with Crippen LogP contribution in [0.4, 0.5) is 0 Å². The Bertz CT molecular complexity index is 390. The molecule has 0 saturated carbocycles. The van der Waals surface area contributed by atoms with Crippen molar-refractivity contribution in [1.82, 2.24) is 9.80 Å². The summed E-state index contributed by atoms with van der Waals surface area (Å²) in [4.78, 5) is 16.3. The molecule has 0 N–H and O–H groups in total. The van der Waals surface area contributed by atoms with E-state index in [2.05, 4.69) is 37.1 Å². The van der Waals surface area contributed by atoms with Crippen LogP contribution < -0.4 is 0 Å². The Morgan fingerprint density at radius 2 is 1.76 bits per heavy atom. The van der Waals surface area contributed by atoms with E-state index in [4.69, 9.17) is 4.74 Å². The van der Waals surface area contributed by atoms with E-state index in [1.165, 1.54) is 31.3 Å². The average Bonchev–Trinajstić information content (AvgIpc) is 2.45. The quantitative estimate of drug-likeness (QED) is 0.534. The number of esters is 1. The highest BCUT2D eigenvalue weighted by Crippen LogP contribution is 2.22. The molecule has 1 fully saturated rings. The summed E-state index contributed by atoms with van der Waals surface area (Å²) in [6.07, 6.45) is 2.29. The maximum Gasteiger partial charge on any atom is 0.309 e. The van der Waals surface area contributed by atoms with E-state index in [0.717, 1.165) is 38.2 Å². The van der Waals surface area contributed by atoms with Crippen LogP contribution in [-0.4, -0.2) is 55.6 Å². The van der Waals surface area contributed by atoms with Gasteiger partial charge >= 0.3 is 5.97 Å².